The minimum absolute atomic E-state index is 0.537. The smallest absolute Gasteiger partial charge is 0.315 e. The van der Waals surface area contributed by atoms with E-state index in [2.05, 4.69) is 11.1 Å². The Morgan fingerprint density at radius 2 is 2.00 bits per heavy atom. The van der Waals surface area contributed by atoms with Crippen LogP contribution in [0.25, 0.3) is 0 Å². The summed E-state index contributed by atoms with van der Waals surface area (Å²) in [6, 6.07) is 9.22. The zero-order valence-electron chi connectivity index (χ0n) is 12.0. The van der Waals surface area contributed by atoms with Crippen LogP contribution in [0.1, 0.15) is 25.1 Å². The molecule has 0 amide bonds. The van der Waals surface area contributed by atoms with Crippen LogP contribution in [-0.4, -0.2) is 23.1 Å². The van der Waals surface area contributed by atoms with Crippen molar-refractivity contribution < 1.29 is 9.90 Å². The van der Waals surface area contributed by atoms with Crippen LogP contribution in [0.4, 0.5) is 10.8 Å². The molecule has 0 saturated carbocycles. The Balaban J connectivity index is 2.28. The summed E-state index contributed by atoms with van der Waals surface area (Å²) in [6.45, 7) is 3.27. The van der Waals surface area contributed by atoms with Crippen LogP contribution in [0.2, 0.25) is 0 Å². The summed E-state index contributed by atoms with van der Waals surface area (Å²) in [7, 11) is 1.86. The van der Waals surface area contributed by atoms with E-state index in [9.17, 15) is 9.90 Å². The van der Waals surface area contributed by atoms with Crippen molar-refractivity contribution in [2.75, 3.05) is 11.9 Å². The predicted octanol–water partition coefficient (Wildman–Crippen LogP) is 3.14. The molecule has 21 heavy (non-hydrogen) atoms. The van der Waals surface area contributed by atoms with E-state index in [1.54, 1.807) is 31.4 Å². The maximum absolute atomic E-state index is 11.3. The highest BCUT2D eigenvalue weighted by molar-refractivity contribution is 7.13. The third-order valence-electron chi connectivity index (χ3n) is 3.34. The summed E-state index contributed by atoms with van der Waals surface area (Å²) in [6.07, 6.45) is 0. The van der Waals surface area contributed by atoms with E-state index in [4.69, 9.17) is 5.26 Å². The van der Waals surface area contributed by atoms with Crippen molar-refractivity contribution in [2.45, 2.75) is 19.3 Å². The number of carboxylic acids is 1. The van der Waals surface area contributed by atoms with Gasteiger partial charge >= 0.3 is 5.97 Å². The molecule has 108 valence electrons. The second-order valence-electron chi connectivity index (χ2n) is 5.16. The van der Waals surface area contributed by atoms with Gasteiger partial charge in [-0.05, 0) is 38.1 Å². The second-order valence-corrected chi connectivity index (χ2v) is 6.00. The first-order valence-electron chi connectivity index (χ1n) is 6.29. The molecule has 0 unspecified atom stereocenters. The molecule has 0 radical (unpaired) electrons. The van der Waals surface area contributed by atoms with Gasteiger partial charge in [0.1, 0.15) is 5.41 Å². The molecule has 1 aromatic carbocycles. The van der Waals surface area contributed by atoms with Gasteiger partial charge in [0.2, 0.25) is 0 Å². The van der Waals surface area contributed by atoms with Gasteiger partial charge in [-0.1, -0.05) is 0 Å². The van der Waals surface area contributed by atoms with Gasteiger partial charge in [-0.3, -0.25) is 4.79 Å². The van der Waals surface area contributed by atoms with Gasteiger partial charge in [0, 0.05) is 18.1 Å². The molecule has 1 aromatic heterocycles. The van der Waals surface area contributed by atoms with Crippen molar-refractivity contribution in [3.05, 3.63) is 40.9 Å². The standard InChI is InChI=1S/C15H15N3O2S/c1-15(2,13(19)20)12-9-21-14(17-12)18(3)11-6-4-10(8-16)5-7-11/h4-7,9H,1-3H3,(H,19,20). The molecule has 0 aliphatic carbocycles. The maximum Gasteiger partial charge on any atom is 0.315 e. The molecule has 0 aliphatic rings. The van der Waals surface area contributed by atoms with Gasteiger partial charge in [-0.25, -0.2) is 4.98 Å². The Morgan fingerprint density at radius 3 is 2.52 bits per heavy atom. The molecule has 0 spiro atoms. The lowest BCUT2D eigenvalue weighted by atomic mass is 9.90. The van der Waals surface area contributed by atoms with Crippen LogP contribution in [0.3, 0.4) is 0 Å². The lowest BCUT2D eigenvalue weighted by molar-refractivity contribution is -0.142. The lowest BCUT2D eigenvalue weighted by Gasteiger charge is -2.18. The van der Waals surface area contributed by atoms with Gasteiger partial charge in [0.15, 0.2) is 5.13 Å². The molecule has 2 rings (SSSR count). The SMILES string of the molecule is CN(c1ccc(C#N)cc1)c1nc(C(C)(C)C(=O)O)cs1. The molecule has 1 N–H and O–H groups in total. The Labute approximate surface area is 127 Å². The quantitative estimate of drug-likeness (QED) is 0.938. The highest BCUT2D eigenvalue weighted by Gasteiger charge is 2.32. The molecule has 0 fully saturated rings. The molecule has 0 aliphatic heterocycles. The van der Waals surface area contributed by atoms with E-state index in [0.29, 0.717) is 16.4 Å². The van der Waals surface area contributed by atoms with E-state index in [1.807, 2.05) is 24.1 Å². The first-order chi connectivity index (χ1) is 9.86. The summed E-state index contributed by atoms with van der Waals surface area (Å²) in [5.74, 6) is -0.902. The molecule has 0 atom stereocenters. The fourth-order valence-electron chi connectivity index (χ4n) is 1.68. The van der Waals surface area contributed by atoms with Crippen molar-refractivity contribution in [2.24, 2.45) is 0 Å². The average molecular weight is 301 g/mol. The Kier molecular flexibility index (Phi) is 3.96. The van der Waals surface area contributed by atoms with E-state index < -0.39 is 11.4 Å². The Morgan fingerprint density at radius 1 is 1.38 bits per heavy atom. The first-order valence-corrected chi connectivity index (χ1v) is 7.17. The molecular formula is C15H15N3O2S. The first kappa shape index (κ1) is 15.0. The Bertz CT molecular complexity index is 698. The zero-order valence-corrected chi connectivity index (χ0v) is 12.8. The molecule has 0 saturated heterocycles. The van der Waals surface area contributed by atoms with Crippen LogP contribution in [-0.2, 0) is 10.2 Å². The highest BCUT2D eigenvalue weighted by Crippen LogP contribution is 2.32. The van der Waals surface area contributed by atoms with Crippen LogP contribution in [0, 0.1) is 11.3 Å². The normalized spacial score (nSPS) is 11.0. The van der Waals surface area contributed by atoms with E-state index in [0.717, 1.165) is 5.69 Å². The van der Waals surface area contributed by atoms with Crippen molar-refractivity contribution >= 4 is 28.1 Å². The van der Waals surface area contributed by atoms with Crippen LogP contribution >= 0.6 is 11.3 Å². The molecule has 1 heterocycles. The van der Waals surface area contributed by atoms with Crippen molar-refractivity contribution in [3.8, 4) is 6.07 Å². The summed E-state index contributed by atoms with van der Waals surface area (Å²) in [5.41, 5.74) is 1.01. The number of thiazole rings is 1. The fraction of sp³-hybridized carbons (Fsp3) is 0.267. The fourth-order valence-corrected chi connectivity index (χ4v) is 2.66. The molecule has 0 bridgehead atoms. The summed E-state index contributed by atoms with van der Waals surface area (Å²) < 4.78 is 0. The second kappa shape index (κ2) is 5.54. The molecule has 5 nitrogen and oxygen atoms in total. The van der Waals surface area contributed by atoms with Crippen LogP contribution < -0.4 is 4.90 Å². The third kappa shape index (κ3) is 2.88. The van der Waals surface area contributed by atoms with Gasteiger partial charge in [0.25, 0.3) is 0 Å². The number of aromatic nitrogens is 1. The van der Waals surface area contributed by atoms with Gasteiger partial charge in [0.05, 0.1) is 17.3 Å². The lowest BCUT2D eigenvalue weighted by Crippen LogP contribution is -2.29. The minimum Gasteiger partial charge on any atom is -0.481 e. The van der Waals surface area contributed by atoms with Crippen molar-refractivity contribution in [3.63, 3.8) is 0 Å². The van der Waals surface area contributed by atoms with Gasteiger partial charge < -0.3 is 10.0 Å². The number of nitriles is 1. The number of anilines is 2. The molecule has 6 heteroatoms. The maximum atomic E-state index is 11.3. The Hall–Kier alpha value is -2.39. The minimum atomic E-state index is -1.01. The number of hydrogen-bond donors (Lipinski definition) is 1. The van der Waals surface area contributed by atoms with Crippen molar-refractivity contribution in [1.29, 1.82) is 5.26 Å². The predicted molar refractivity (Wildman–Crippen MR) is 82.0 cm³/mol. The number of carbonyl (C=O) groups is 1. The number of aliphatic carboxylic acids is 1. The van der Waals surface area contributed by atoms with E-state index >= 15 is 0 Å². The average Bonchev–Trinajstić information content (AvgIpc) is 2.97. The van der Waals surface area contributed by atoms with E-state index in [-0.39, 0.29) is 0 Å². The molecule has 2 aromatic rings. The largest absolute Gasteiger partial charge is 0.481 e. The zero-order chi connectivity index (χ0) is 15.6. The highest BCUT2D eigenvalue weighted by atomic mass is 32.1. The monoisotopic (exact) mass is 301 g/mol. The van der Waals surface area contributed by atoms with E-state index in [1.165, 1.54) is 11.3 Å². The third-order valence-corrected chi connectivity index (χ3v) is 4.25. The van der Waals surface area contributed by atoms with Crippen LogP contribution in [0.15, 0.2) is 29.6 Å². The van der Waals surface area contributed by atoms with Crippen molar-refractivity contribution in [1.82, 2.24) is 4.98 Å². The summed E-state index contributed by atoms with van der Waals surface area (Å²) in [5, 5.41) is 20.5. The number of nitrogens with zero attached hydrogens (tertiary/aromatic N) is 3. The topological polar surface area (TPSA) is 77.2 Å². The molecular weight excluding hydrogens is 286 g/mol. The number of rotatable bonds is 4. The van der Waals surface area contributed by atoms with Gasteiger partial charge in [-0.15, -0.1) is 11.3 Å². The van der Waals surface area contributed by atoms with Gasteiger partial charge in [-0.2, -0.15) is 5.26 Å². The summed E-state index contributed by atoms with van der Waals surface area (Å²) in [4.78, 5) is 17.6. The number of hydrogen-bond acceptors (Lipinski definition) is 5. The summed E-state index contributed by atoms with van der Waals surface area (Å²) >= 11 is 1.39. The number of benzene rings is 1. The van der Waals surface area contributed by atoms with Crippen LogP contribution in [0.5, 0.6) is 0 Å². The number of carboxylic acid groups (broad SMARTS) is 1.